The van der Waals surface area contributed by atoms with Crippen LogP contribution in [0.3, 0.4) is 0 Å². The second kappa shape index (κ2) is 2.58. The average molecular weight is 126 g/mol. The Morgan fingerprint density at radius 3 is 2.78 bits per heavy atom. The summed E-state index contributed by atoms with van der Waals surface area (Å²) < 4.78 is 0. The van der Waals surface area contributed by atoms with Crippen LogP contribution in [0.1, 0.15) is 19.3 Å². The molecule has 0 saturated carbocycles. The lowest BCUT2D eigenvalue weighted by Crippen LogP contribution is -1.94. The van der Waals surface area contributed by atoms with Gasteiger partial charge in [-0.1, -0.05) is 0 Å². The Kier molecular flexibility index (Phi) is 1.78. The first-order valence-electron chi connectivity index (χ1n) is 3.07. The standard InChI is InChI=1S/C7H10O2/c8-5-6-3-1-2-4-7(6)9/h4-5,8-9H,1-3H2/b6-5-. The van der Waals surface area contributed by atoms with Gasteiger partial charge in [-0.3, -0.25) is 0 Å². The highest BCUT2D eigenvalue weighted by atomic mass is 16.3. The van der Waals surface area contributed by atoms with Crippen LogP contribution in [-0.4, -0.2) is 10.2 Å². The fraction of sp³-hybridized carbons (Fsp3) is 0.429. The SMILES string of the molecule is O/C=C1/CCCC=C1O. The first kappa shape index (κ1) is 6.20. The summed E-state index contributed by atoms with van der Waals surface area (Å²) in [6.07, 6.45) is 5.44. The van der Waals surface area contributed by atoms with Gasteiger partial charge in [0.15, 0.2) is 0 Å². The molecule has 1 aliphatic rings. The van der Waals surface area contributed by atoms with E-state index >= 15 is 0 Å². The second-order valence-electron chi connectivity index (χ2n) is 2.14. The van der Waals surface area contributed by atoms with Crippen molar-refractivity contribution in [2.24, 2.45) is 0 Å². The van der Waals surface area contributed by atoms with E-state index in [0.717, 1.165) is 25.5 Å². The van der Waals surface area contributed by atoms with Crippen molar-refractivity contribution in [2.75, 3.05) is 0 Å². The van der Waals surface area contributed by atoms with Crippen LogP contribution in [0.2, 0.25) is 0 Å². The third-order valence-corrected chi connectivity index (χ3v) is 1.47. The Morgan fingerprint density at radius 1 is 1.56 bits per heavy atom. The van der Waals surface area contributed by atoms with Crippen molar-refractivity contribution < 1.29 is 10.2 Å². The molecule has 0 amide bonds. The largest absolute Gasteiger partial charge is 0.515 e. The van der Waals surface area contributed by atoms with Crippen molar-refractivity contribution in [1.29, 1.82) is 0 Å². The van der Waals surface area contributed by atoms with Crippen molar-refractivity contribution in [3.8, 4) is 0 Å². The molecular weight excluding hydrogens is 116 g/mol. The lowest BCUT2D eigenvalue weighted by Gasteiger charge is -2.08. The Bertz CT molecular complexity index is 156. The van der Waals surface area contributed by atoms with Gasteiger partial charge in [0.05, 0.1) is 6.26 Å². The summed E-state index contributed by atoms with van der Waals surface area (Å²) in [5.74, 6) is 0.240. The Hall–Kier alpha value is -0.920. The van der Waals surface area contributed by atoms with Crippen molar-refractivity contribution in [3.05, 3.63) is 23.7 Å². The molecule has 1 aliphatic carbocycles. The summed E-state index contributed by atoms with van der Waals surface area (Å²) in [4.78, 5) is 0. The van der Waals surface area contributed by atoms with Gasteiger partial charge in [-0.25, -0.2) is 0 Å². The third-order valence-electron chi connectivity index (χ3n) is 1.47. The number of hydrogen-bond acceptors (Lipinski definition) is 2. The van der Waals surface area contributed by atoms with Crippen LogP contribution in [-0.2, 0) is 0 Å². The Labute approximate surface area is 54.1 Å². The number of allylic oxidation sites excluding steroid dienone is 2. The molecule has 0 unspecified atom stereocenters. The smallest absolute Gasteiger partial charge is 0.117 e. The van der Waals surface area contributed by atoms with Crippen molar-refractivity contribution in [3.63, 3.8) is 0 Å². The van der Waals surface area contributed by atoms with E-state index in [1.807, 2.05) is 0 Å². The summed E-state index contributed by atoms with van der Waals surface area (Å²) >= 11 is 0. The number of aliphatic hydroxyl groups excluding tert-OH is 2. The minimum absolute atomic E-state index is 0.240. The predicted octanol–water partition coefficient (Wildman–Crippen LogP) is 2.05. The van der Waals surface area contributed by atoms with Gasteiger partial charge >= 0.3 is 0 Å². The zero-order valence-electron chi connectivity index (χ0n) is 5.17. The molecule has 2 heteroatoms. The van der Waals surface area contributed by atoms with Crippen LogP contribution in [0.4, 0.5) is 0 Å². The van der Waals surface area contributed by atoms with E-state index in [-0.39, 0.29) is 5.76 Å². The van der Waals surface area contributed by atoms with Crippen LogP contribution >= 0.6 is 0 Å². The molecule has 0 saturated heterocycles. The van der Waals surface area contributed by atoms with Crippen LogP contribution in [0.25, 0.3) is 0 Å². The van der Waals surface area contributed by atoms with Gasteiger partial charge in [0, 0.05) is 5.57 Å². The minimum Gasteiger partial charge on any atom is -0.515 e. The minimum atomic E-state index is 0.240. The third kappa shape index (κ3) is 1.25. The van der Waals surface area contributed by atoms with E-state index in [9.17, 15) is 0 Å². The molecule has 0 aromatic carbocycles. The molecule has 0 atom stereocenters. The molecule has 0 bridgehead atoms. The number of rotatable bonds is 0. The molecule has 2 N–H and O–H groups in total. The average Bonchev–Trinajstić information content (AvgIpc) is 1.89. The summed E-state index contributed by atoms with van der Waals surface area (Å²) in [6.45, 7) is 0. The summed E-state index contributed by atoms with van der Waals surface area (Å²) in [6, 6.07) is 0. The van der Waals surface area contributed by atoms with E-state index < -0.39 is 0 Å². The molecule has 0 fully saturated rings. The topological polar surface area (TPSA) is 40.5 Å². The molecule has 1 rings (SSSR count). The van der Waals surface area contributed by atoms with Gasteiger partial charge in [0.1, 0.15) is 5.76 Å². The van der Waals surface area contributed by atoms with E-state index in [1.165, 1.54) is 0 Å². The quantitative estimate of drug-likeness (QED) is 0.488. The first-order valence-corrected chi connectivity index (χ1v) is 3.07. The maximum absolute atomic E-state index is 9.00. The van der Waals surface area contributed by atoms with Gasteiger partial charge < -0.3 is 10.2 Å². The van der Waals surface area contributed by atoms with E-state index in [0.29, 0.717) is 5.57 Å². The zero-order chi connectivity index (χ0) is 6.69. The maximum atomic E-state index is 9.00. The molecule has 0 spiro atoms. The fourth-order valence-electron chi connectivity index (χ4n) is 0.921. The Balaban J connectivity index is 2.73. The Morgan fingerprint density at radius 2 is 2.33 bits per heavy atom. The predicted molar refractivity (Wildman–Crippen MR) is 35.3 cm³/mol. The lowest BCUT2D eigenvalue weighted by molar-refractivity contribution is 0.391. The molecule has 0 aromatic rings. The van der Waals surface area contributed by atoms with Gasteiger partial charge in [-0.05, 0) is 25.3 Å². The first-order chi connectivity index (χ1) is 4.34. The van der Waals surface area contributed by atoms with Crippen LogP contribution in [0.15, 0.2) is 23.7 Å². The van der Waals surface area contributed by atoms with E-state index in [4.69, 9.17) is 10.2 Å². The van der Waals surface area contributed by atoms with Gasteiger partial charge in [-0.2, -0.15) is 0 Å². The number of hydrogen-bond donors (Lipinski definition) is 2. The maximum Gasteiger partial charge on any atom is 0.117 e. The molecule has 0 heterocycles. The summed E-state index contributed by atoms with van der Waals surface area (Å²) in [5, 5.41) is 17.5. The van der Waals surface area contributed by atoms with Gasteiger partial charge in [-0.15, -0.1) is 0 Å². The highest BCUT2D eigenvalue weighted by Crippen LogP contribution is 2.20. The summed E-state index contributed by atoms with van der Waals surface area (Å²) in [5.41, 5.74) is 0.654. The molecule has 2 nitrogen and oxygen atoms in total. The lowest BCUT2D eigenvalue weighted by atomic mass is 10.0. The molecule has 50 valence electrons. The molecular formula is C7H10O2. The highest BCUT2D eigenvalue weighted by Gasteiger charge is 2.06. The van der Waals surface area contributed by atoms with Crippen LogP contribution in [0.5, 0.6) is 0 Å². The zero-order valence-corrected chi connectivity index (χ0v) is 5.17. The van der Waals surface area contributed by atoms with Gasteiger partial charge in [0.25, 0.3) is 0 Å². The molecule has 0 aromatic heterocycles. The molecule has 9 heavy (non-hydrogen) atoms. The van der Waals surface area contributed by atoms with Crippen molar-refractivity contribution in [1.82, 2.24) is 0 Å². The van der Waals surface area contributed by atoms with E-state index in [1.54, 1.807) is 6.08 Å². The van der Waals surface area contributed by atoms with Crippen LogP contribution < -0.4 is 0 Å². The summed E-state index contributed by atoms with van der Waals surface area (Å²) in [7, 11) is 0. The highest BCUT2D eigenvalue weighted by molar-refractivity contribution is 5.25. The molecule has 0 aliphatic heterocycles. The van der Waals surface area contributed by atoms with Gasteiger partial charge in [0.2, 0.25) is 0 Å². The fourth-order valence-corrected chi connectivity index (χ4v) is 0.921. The monoisotopic (exact) mass is 126 g/mol. The molecule has 0 radical (unpaired) electrons. The number of aliphatic hydroxyl groups is 2. The normalized spacial score (nSPS) is 24.0. The van der Waals surface area contributed by atoms with Crippen LogP contribution in [0, 0.1) is 0 Å². The van der Waals surface area contributed by atoms with Crippen molar-refractivity contribution >= 4 is 0 Å². The second-order valence-corrected chi connectivity index (χ2v) is 2.14. The van der Waals surface area contributed by atoms with E-state index in [2.05, 4.69) is 0 Å². The van der Waals surface area contributed by atoms with Crippen molar-refractivity contribution in [2.45, 2.75) is 19.3 Å².